The molecule has 1 radical (unpaired) electrons. The number of carbonyl (C=O) groups is 2. The Morgan fingerprint density at radius 2 is 1.10 bits per heavy atom. The van der Waals surface area contributed by atoms with Crippen molar-refractivity contribution >= 4 is 22.9 Å². The van der Waals surface area contributed by atoms with Crippen LogP contribution in [0, 0.1) is 0 Å². The standard InChI is InChI=1S/C2H2O4.CH4O.Nb.H4Si/c3-1(4)2(5)6;1-2;;/h(H,3,4)(H,5,6);2H,1H3;;1H4. The number of carboxylic acids is 2. The third kappa shape index (κ3) is 24.8. The van der Waals surface area contributed by atoms with Crippen LogP contribution in [0.3, 0.4) is 0 Å². The van der Waals surface area contributed by atoms with Gasteiger partial charge in [-0.1, -0.05) is 0 Å². The van der Waals surface area contributed by atoms with Crippen LogP contribution in [0.5, 0.6) is 0 Å². The summed E-state index contributed by atoms with van der Waals surface area (Å²) in [4.78, 5) is 18.2. The van der Waals surface area contributed by atoms with Crippen LogP contribution in [0.4, 0.5) is 0 Å². The van der Waals surface area contributed by atoms with E-state index in [4.69, 9.17) is 24.9 Å². The molecule has 0 aliphatic heterocycles. The van der Waals surface area contributed by atoms with Crippen LogP contribution in [0.25, 0.3) is 0 Å². The molecule has 7 heteroatoms. The molecule has 0 aliphatic rings. The van der Waals surface area contributed by atoms with Crippen molar-refractivity contribution in [2.24, 2.45) is 0 Å². The van der Waals surface area contributed by atoms with Crippen molar-refractivity contribution in [2.75, 3.05) is 7.11 Å². The molecule has 0 spiro atoms. The molecule has 0 bridgehead atoms. The van der Waals surface area contributed by atoms with Gasteiger partial charge in [-0.05, 0) is 11.0 Å². The van der Waals surface area contributed by atoms with Crippen molar-refractivity contribution in [1.29, 1.82) is 0 Å². The molecule has 0 amide bonds. The van der Waals surface area contributed by atoms with Crippen LogP contribution in [-0.2, 0) is 32.0 Å². The smallest absolute Gasteiger partial charge is 0.414 e. The summed E-state index contributed by atoms with van der Waals surface area (Å²) in [5.41, 5.74) is 0. The number of aliphatic carboxylic acids is 2. The first-order valence-corrected chi connectivity index (χ1v) is 1.55. The molecule has 0 saturated heterocycles. The van der Waals surface area contributed by atoms with Crippen LogP contribution < -0.4 is 0 Å². The van der Waals surface area contributed by atoms with E-state index in [1.165, 1.54) is 0 Å². The summed E-state index contributed by atoms with van der Waals surface area (Å²) in [5, 5.41) is 21.8. The number of rotatable bonds is 0. The number of aliphatic hydroxyl groups excluding tert-OH is 1. The van der Waals surface area contributed by atoms with Gasteiger partial charge in [0.05, 0.1) is 0 Å². The molecule has 0 aromatic rings. The minimum Gasteiger partial charge on any atom is -0.473 e. The molecule has 61 valence electrons. The molecule has 0 aromatic carbocycles. The molecule has 0 aromatic heterocycles. The van der Waals surface area contributed by atoms with Gasteiger partial charge in [0.1, 0.15) is 0 Å². The Kier molecular flexibility index (Phi) is 35.9. The zero-order chi connectivity index (χ0) is 7.15. The second kappa shape index (κ2) is 15.9. The van der Waals surface area contributed by atoms with Crippen molar-refractivity contribution in [3.8, 4) is 0 Å². The van der Waals surface area contributed by atoms with Crippen LogP contribution in [0.1, 0.15) is 0 Å². The summed E-state index contributed by atoms with van der Waals surface area (Å²) in [6, 6.07) is 0. The van der Waals surface area contributed by atoms with Gasteiger partial charge in [0.2, 0.25) is 0 Å². The SMILES string of the molecule is CO.O=C(O)C(=O)O.[Nb].[SiH4]. The van der Waals surface area contributed by atoms with E-state index in [1.54, 1.807) is 0 Å². The Labute approximate surface area is 77.6 Å². The van der Waals surface area contributed by atoms with E-state index in [-0.39, 0.29) is 33.3 Å². The molecule has 10 heavy (non-hydrogen) atoms. The average Bonchev–Trinajstić information content (AvgIpc) is 1.72. The zero-order valence-electron chi connectivity index (χ0n) is 4.61. The third-order valence-corrected chi connectivity index (χ3v) is 0.183. The topological polar surface area (TPSA) is 94.8 Å². The molecular formula is C3H10NbO5Si. The zero-order valence-corrected chi connectivity index (χ0v) is 6.80. The number of carboxylic acid groups (broad SMARTS) is 2. The van der Waals surface area contributed by atoms with Crippen molar-refractivity contribution in [2.45, 2.75) is 0 Å². The molecule has 0 atom stereocenters. The molecule has 0 aliphatic carbocycles. The van der Waals surface area contributed by atoms with Gasteiger partial charge in [0.25, 0.3) is 0 Å². The molecule has 0 saturated carbocycles. The minimum atomic E-state index is -1.82. The first kappa shape index (κ1) is 22.5. The van der Waals surface area contributed by atoms with Gasteiger partial charge in [-0.25, -0.2) is 9.59 Å². The van der Waals surface area contributed by atoms with Crippen molar-refractivity contribution < 1.29 is 47.3 Å². The summed E-state index contributed by atoms with van der Waals surface area (Å²) >= 11 is 0. The summed E-state index contributed by atoms with van der Waals surface area (Å²) in [5.74, 6) is -3.65. The number of hydrogen-bond acceptors (Lipinski definition) is 3. The molecule has 5 nitrogen and oxygen atoms in total. The third-order valence-electron chi connectivity index (χ3n) is 0.183. The Morgan fingerprint density at radius 3 is 1.10 bits per heavy atom. The number of aliphatic hydroxyl groups is 1. The summed E-state index contributed by atoms with van der Waals surface area (Å²) < 4.78 is 0. The van der Waals surface area contributed by atoms with Gasteiger partial charge in [0.15, 0.2) is 0 Å². The van der Waals surface area contributed by atoms with Crippen LogP contribution in [0.2, 0.25) is 0 Å². The fraction of sp³-hybridized carbons (Fsp3) is 0.333. The maximum atomic E-state index is 9.10. The van der Waals surface area contributed by atoms with E-state index in [9.17, 15) is 0 Å². The van der Waals surface area contributed by atoms with Gasteiger partial charge in [-0.3, -0.25) is 0 Å². The fourth-order valence-electron chi connectivity index (χ4n) is 0. The summed E-state index contributed by atoms with van der Waals surface area (Å²) in [6.07, 6.45) is 0. The van der Waals surface area contributed by atoms with Crippen molar-refractivity contribution in [3.05, 3.63) is 0 Å². The quantitative estimate of drug-likeness (QED) is 0.320. The minimum absolute atomic E-state index is 0. The average molecular weight is 247 g/mol. The monoisotopic (exact) mass is 247 g/mol. The molecule has 0 fully saturated rings. The van der Waals surface area contributed by atoms with Gasteiger partial charge >= 0.3 is 11.9 Å². The van der Waals surface area contributed by atoms with Crippen LogP contribution >= 0.6 is 0 Å². The maximum absolute atomic E-state index is 9.10. The van der Waals surface area contributed by atoms with Gasteiger partial charge in [0, 0.05) is 29.5 Å². The molecule has 0 heterocycles. The van der Waals surface area contributed by atoms with E-state index in [2.05, 4.69) is 0 Å². The normalized spacial score (nSPS) is 5.00. The Morgan fingerprint density at radius 1 is 1.00 bits per heavy atom. The van der Waals surface area contributed by atoms with Crippen molar-refractivity contribution in [1.82, 2.24) is 0 Å². The predicted molar refractivity (Wildman–Crippen MR) is 34.7 cm³/mol. The van der Waals surface area contributed by atoms with E-state index in [0.717, 1.165) is 7.11 Å². The van der Waals surface area contributed by atoms with E-state index >= 15 is 0 Å². The van der Waals surface area contributed by atoms with Crippen LogP contribution in [-0.4, -0.2) is 45.3 Å². The fourth-order valence-corrected chi connectivity index (χ4v) is 0. The maximum Gasteiger partial charge on any atom is 0.414 e. The molecule has 0 rings (SSSR count). The summed E-state index contributed by atoms with van der Waals surface area (Å²) in [7, 11) is 1.00. The van der Waals surface area contributed by atoms with Crippen molar-refractivity contribution in [3.63, 3.8) is 0 Å². The number of hydrogen-bond donors (Lipinski definition) is 3. The van der Waals surface area contributed by atoms with Gasteiger partial charge in [-0.15, -0.1) is 0 Å². The largest absolute Gasteiger partial charge is 0.473 e. The molecular weight excluding hydrogens is 237 g/mol. The Bertz CT molecular complexity index is 82.9. The first-order chi connectivity index (χ1) is 3.64. The van der Waals surface area contributed by atoms with Gasteiger partial charge in [-0.2, -0.15) is 0 Å². The van der Waals surface area contributed by atoms with Gasteiger partial charge < -0.3 is 15.3 Å². The van der Waals surface area contributed by atoms with E-state index in [0.29, 0.717) is 0 Å². The second-order valence-corrected chi connectivity index (χ2v) is 0.610. The predicted octanol–water partition coefficient (Wildman–Crippen LogP) is -2.69. The Balaban J connectivity index is -0.0000000412. The summed E-state index contributed by atoms with van der Waals surface area (Å²) in [6.45, 7) is 0. The second-order valence-electron chi connectivity index (χ2n) is 0.610. The molecule has 3 N–H and O–H groups in total. The first-order valence-electron chi connectivity index (χ1n) is 1.55. The van der Waals surface area contributed by atoms with E-state index in [1.807, 2.05) is 0 Å². The Hall–Kier alpha value is -0.143. The van der Waals surface area contributed by atoms with Crippen LogP contribution in [0.15, 0.2) is 0 Å². The molecule has 0 unspecified atom stereocenters. The van der Waals surface area contributed by atoms with E-state index < -0.39 is 11.9 Å².